The molecule has 0 bridgehead atoms. The second-order valence-corrected chi connectivity index (χ2v) is 4.33. The minimum atomic E-state index is -4.61. The maximum Gasteiger partial charge on any atom is 0.419 e. The van der Waals surface area contributed by atoms with Crippen LogP contribution in [0.25, 0.3) is 11.1 Å². The molecule has 3 N–H and O–H groups in total. The lowest BCUT2D eigenvalue weighted by atomic mass is 10.0. The van der Waals surface area contributed by atoms with E-state index in [0.29, 0.717) is 5.56 Å². The van der Waals surface area contributed by atoms with E-state index < -0.39 is 17.6 Å². The summed E-state index contributed by atoms with van der Waals surface area (Å²) in [6.07, 6.45) is -1.98. The van der Waals surface area contributed by atoms with Crippen molar-refractivity contribution in [2.45, 2.75) is 19.6 Å². The molecule has 0 unspecified atom stereocenters. The van der Waals surface area contributed by atoms with Gasteiger partial charge in [-0.2, -0.15) is 13.2 Å². The quantitative estimate of drug-likeness (QED) is 0.912. The fraction of sp³-hybridized carbons (Fsp3) is 0.231. The maximum atomic E-state index is 12.9. The summed E-state index contributed by atoms with van der Waals surface area (Å²) in [5.41, 5.74) is 5.21. The topological polar surface area (TPSA) is 81.2 Å². The lowest BCUT2D eigenvalue weighted by molar-refractivity contribution is -0.137. The first kappa shape index (κ1) is 14.9. The molecule has 0 atom stereocenters. The van der Waals surface area contributed by atoms with Gasteiger partial charge >= 0.3 is 6.18 Å². The number of furan rings is 1. The Balaban J connectivity index is 2.54. The summed E-state index contributed by atoms with van der Waals surface area (Å²) in [4.78, 5) is 14.7. The van der Waals surface area contributed by atoms with Crippen LogP contribution in [0.1, 0.15) is 18.2 Å². The van der Waals surface area contributed by atoms with Crippen molar-refractivity contribution in [1.82, 2.24) is 10.3 Å². The van der Waals surface area contributed by atoms with Crippen molar-refractivity contribution in [1.29, 1.82) is 0 Å². The molecule has 112 valence electrons. The van der Waals surface area contributed by atoms with E-state index in [1.807, 2.05) is 0 Å². The Morgan fingerprint density at radius 2 is 2.19 bits per heavy atom. The largest absolute Gasteiger partial charge is 0.472 e. The monoisotopic (exact) mass is 299 g/mol. The molecule has 2 aromatic rings. The van der Waals surface area contributed by atoms with Gasteiger partial charge in [0.25, 0.3) is 0 Å². The van der Waals surface area contributed by atoms with E-state index in [1.165, 1.54) is 25.5 Å². The molecule has 2 rings (SSSR count). The number of halogens is 3. The third-order valence-electron chi connectivity index (χ3n) is 2.77. The highest BCUT2D eigenvalue weighted by atomic mass is 19.4. The van der Waals surface area contributed by atoms with Crippen molar-refractivity contribution in [2.24, 2.45) is 0 Å². The molecule has 0 saturated heterocycles. The molecular formula is C13H12F3N3O2. The molecule has 1 amide bonds. The molecule has 0 aliphatic rings. The summed E-state index contributed by atoms with van der Waals surface area (Å²) < 4.78 is 43.6. The number of rotatable bonds is 3. The third kappa shape index (κ3) is 3.33. The molecule has 0 aliphatic heterocycles. The number of hydrogen-bond acceptors (Lipinski definition) is 4. The van der Waals surface area contributed by atoms with Gasteiger partial charge in [0.15, 0.2) is 0 Å². The van der Waals surface area contributed by atoms with Crippen molar-refractivity contribution >= 4 is 11.7 Å². The predicted molar refractivity (Wildman–Crippen MR) is 68.9 cm³/mol. The van der Waals surface area contributed by atoms with E-state index in [-0.39, 0.29) is 23.7 Å². The number of nitrogens with two attached hydrogens (primary N) is 1. The van der Waals surface area contributed by atoms with Crippen molar-refractivity contribution in [3.05, 3.63) is 35.9 Å². The van der Waals surface area contributed by atoms with E-state index in [2.05, 4.69) is 10.3 Å². The van der Waals surface area contributed by atoms with Crippen LogP contribution in [0.2, 0.25) is 0 Å². The molecule has 0 aromatic carbocycles. The van der Waals surface area contributed by atoms with Crippen molar-refractivity contribution in [3.63, 3.8) is 0 Å². The number of anilines is 1. The van der Waals surface area contributed by atoms with E-state index in [0.717, 1.165) is 6.07 Å². The Labute approximate surface area is 118 Å². The molecule has 0 aliphatic carbocycles. The fourth-order valence-corrected chi connectivity index (χ4v) is 1.81. The number of hydrogen-bond donors (Lipinski definition) is 2. The average Bonchev–Trinajstić information content (AvgIpc) is 2.88. The van der Waals surface area contributed by atoms with Gasteiger partial charge in [0, 0.05) is 18.1 Å². The molecule has 21 heavy (non-hydrogen) atoms. The number of nitrogens with zero attached hydrogens (tertiary/aromatic N) is 1. The van der Waals surface area contributed by atoms with Gasteiger partial charge in [0.05, 0.1) is 30.3 Å². The van der Waals surface area contributed by atoms with Crippen LogP contribution in [0.4, 0.5) is 19.0 Å². The summed E-state index contributed by atoms with van der Waals surface area (Å²) in [5.74, 6) is -0.955. The van der Waals surface area contributed by atoms with Crippen LogP contribution >= 0.6 is 0 Å². The van der Waals surface area contributed by atoms with Gasteiger partial charge in [-0.05, 0) is 12.1 Å². The summed E-state index contributed by atoms with van der Waals surface area (Å²) >= 11 is 0. The molecule has 8 heteroatoms. The third-order valence-corrected chi connectivity index (χ3v) is 2.77. The summed E-state index contributed by atoms with van der Waals surface area (Å²) in [7, 11) is 0. The van der Waals surface area contributed by atoms with Gasteiger partial charge in [-0.3, -0.25) is 4.79 Å². The predicted octanol–water partition coefficient (Wildman–Crippen LogP) is 2.58. The zero-order valence-corrected chi connectivity index (χ0v) is 11.0. The highest BCUT2D eigenvalue weighted by molar-refractivity contribution is 5.74. The number of carbonyl (C=O) groups excluding carboxylic acids is 1. The van der Waals surface area contributed by atoms with Crippen molar-refractivity contribution in [3.8, 4) is 11.1 Å². The van der Waals surface area contributed by atoms with Crippen LogP contribution in [0.5, 0.6) is 0 Å². The second-order valence-electron chi connectivity index (χ2n) is 4.33. The molecule has 0 saturated carbocycles. The Kier molecular flexibility index (Phi) is 3.88. The number of nitrogen functional groups attached to an aromatic ring is 1. The minimum Gasteiger partial charge on any atom is -0.472 e. The van der Waals surface area contributed by atoms with E-state index in [9.17, 15) is 18.0 Å². The Hall–Kier alpha value is -2.51. The van der Waals surface area contributed by atoms with Gasteiger partial charge in [-0.15, -0.1) is 0 Å². The molecule has 2 aromatic heterocycles. The number of aromatic nitrogens is 1. The lowest BCUT2D eigenvalue weighted by Gasteiger charge is -2.14. The number of carbonyl (C=O) groups is 1. The van der Waals surface area contributed by atoms with E-state index in [4.69, 9.17) is 10.2 Å². The highest BCUT2D eigenvalue weighted by Crippen LogP contribution is 2.36. The Morgan fingerprint density at radius 1 is 1.48 bits per heavy atom. The number of pyridine rings is 1. The van der Waals surface area contributed by atoms with Crippen LogP contribution in [-0.4, -0.2) is 10.9 Å². The number of alkyl halides is 3. The first-order valence-corrected chi connectivity index (χ1v) is 5.92. The molecule has 0 radical (unpaired) electrons. The van der Waals surface area contributed by atoms with Crippen LogP contribution in [0, 0.1) is 0 Å². The van der Waals surface area contributed by atoms with Crippen molar-refractivity contribution < 1.29 is 22.4 Å². The maximum absolute atomic E-state index is 12.9. The van der Waals surface area contributed by atoms with E-state index >= 15 is 0 Å². The van der Waals surface area contributed by atoms with Gasteiger partial charge in [0.2, 0.25) is 5.91 Å². The second kappa shape index (κ2) is 5.47. The zero-order valence-electron chi connectivity index (χ0n) is 11.0. The van der Waals surface area contributed by atoms with Crippen LogP contribution in [-0.2, 0) is 17.5 Å². The molecular weight excluding hydrogens is 287 g/mol. The van der Waals surface area contributed by atoms with Crippen LogP contribution in [0.15, 0.2) is 29.1 Å². The Bertz CT molecular complexity index is 651. The number of nitrogens with one attached hydrogen (secondary N) is 1. The first-order valence-electron chi connectivity index (χ1n) is 5.92. The molecule has 0 fully saturated rings. The SMILES string of the molecule is CC(=O)NCc1nc(N)c(C(F)(F)F)cc1-c1ccoc1. The first-order chi connectivity index (χ1) is 9.79. The molecule has 0 spiro atoms. The highest BCUT2D eigenvalue weighted by Gasteiger charge is 2.35. The van der Waals surface area contributed by atoms with Gasteiger partial charge < -0.3 is 15.5 Å². The summed E-state index contributed by atoms with van der Waals surface area (Å²) in [5, 5.41) is 2.48. The molecule has 5 nitrogen and oxygen atoms in total. The lowest BCUT2D eigenvalue weighted by Crippen LogP contribution is -2.21. The summed E-state index contributed by atoms with van der Waals surface area (Å²) in [6, 6.07) is 2.41. The fourth-order valence-electron chi connectivity index (χ4n) is 1.81. The van der Waals surface area contributed by atoms with Crippen LogP contribution in [0.3, 0.4) is 0 Å². The normalized spacial score (nSPS) is 11.4. The standard InChI is InChI=1S/C13H12F3N3O2/c1-7(20)18-5-11-9(8-2-3-21-6-8)4-10(12(17)19-11)13(14,15)16/h2-4,6H,5H2,1H3,(H2,17,19)(H,18,20). The van der Waals surface area contributed by atoms with Crippen molar-refractivity contribution in [2.75, 3.05) is 5.73 Å². The van der Waals surface area contributed by atoms with Gasteiger partial charge in [-0.1, -0.05) is 0 Å². The van der Waals surface area contributed by atoms with Gasteiger partial charge in [-0.25, -0.2) is 4.98 Å². The minimum absolute atomic E-state index is 0.0296. The van der Waals surface area contributed by atoms with Gasteiger partial charge in [0.1, 0.15) is 5.82 Å². The average molecular weight is 299 g/mol. The van der Waals surface area contributed by atoms with Crippen LogP contribution < -0.4 is 11.1 Å². The summed E-state index contributed by atoms with van der Waals surface area (Å²) in [6.45, 7) is 1.27. The Morgan fingerprint density at radius 3 is 2.71 bits per heavy atom. The number of amides is 1. The van der Waals surface area contributed by atoms with E-state index in [1.54, 1.807) is 0 Å². The molecule has 2 heterocycles. The zero-order chi connectivity index (χ0) is 15.6. The smallest absolute Gasteiger partial charge is 0.419 e.